The van der Waals surface area contributed by atoms with Gasteiger partial charge in [0.15, 0.2) is 0 Å². The molecular weight excluding hydrogens is 364 g/mol. The summed E-state index contributed by atoms with van der Waals surface area (Å²) in [5, 5.41) is 43.6. The first-order valence-electron chi connectivity index (χ1n) is 8.79. The van der Waals surface area contributed by atoms with Gasteiger partial charge in [-0.2, -0.15) is 0 Å². The first kappa shape index (κ1) is 21.5. The maximum atomic E-state index is 11.6. The van der Waals surface area contributed by atoms with Crippen LogP contribution in [-0.2, 0) is 22.8 Å². The molecule has 150 valence electrons. The number of benzene rings is 2. The molecule has 8 nitrogen and oxygen atoms in total. The molecule has 2 rings (SSSR count). The van der Waals surface area contributed by atoms with E-state index in [0.29, 0.717) is 22.3 Å². The van der Waals surface area contributed by atoms with E-state index in [1.165, 1.54) is 0 Å². The maximum absolute atomic E-state index is 11.6. The zero-order valence-corrected chi connectivity index (χ0v) is 15.2. The smallest absolute Gasteiger partial charge is 0.325 e. The fourth-order valence-electron chi connectivity index (χ4n) is 3.01. The van der Waals surface area contributed by atoms with Crippen LogP contribution in [0.15, 0.2) is 48.5 Å². The molecule has 28 heavy (non-hydrogen) atoms. The third-order valence-electron chi connectivity index (χ3n) is 4.39. The van der Waals surface area contributed by atoms with Gasteiger partial charge in [0.25, 0.3) is 0 Å². The third-order valence-corrected chi connectivity index (χ3v) is 4.39. The molecule has 2 aromatic rings. The van der Waals surface area contributed by atoms with Crippen molar-refractivity contribution in [3.63, 3.8) is 0 Å². The molecule has 0 saturated heterocycles. The van der Waals surface area contributed by atoms with Crippen LogP contribution in [-0.4, -0.2) is 45.5 Å². The summed E-state index contributed by atoms with van der Waals surface area (Å²) in [5.41, 5.74) is 1.93. The Kier molecular flexibility index (Phi) is 8.09. The van der Waals surface area contributed by atoms with E-state index in [4.69, 9.17) is 0 Å². The number of aliphatic hydroxyl groups is 2. The van der Waals surface area contributed by atoms with Crippen molar-refractivity contribution in [2.45, 2.75) is 25.3 Å². The summed E-state index contributed by atoms with van der Waals surface area (Å²) in [6.07, 6.45) is 0. The first-order chi connectivity index (χ1) is 13.5. The van der Waals surface area contributed by atoms with Crippen LogP contribution in [0.5, 0.6) is 0 Å². The predicted octanol–water partition coefficient (Wildman–Crippen LogP) is 0.802. The van der Waals surface area contributed by atoms with Crippen LogP contribution in [0.3, 0.4) is 0 Å². The van der Waals surface area contributed by atoms with Crippen molar-refractivity contribution in [1.29, 1.82) is 0 Å². The highest BCUT2D eigenvalue weighted by molar-refractivity contribution is 5.76. The first-order valence-corrected chi connectivity index (χ1v) is 8.79. The molecule has 0 spiro atoms. The molecule has 8 heteroatoms. The molecule has 0 heterocycles. The number of carboxylic acids is 2. The molecule has 0 saturated carbocycles. The highest BCUT2D eigenvalue weighted by Crippen LogP contribution is 2.20. The van der Waals surface area contributed by atoms with Gasteiger partial charge in [-0.15, -0.1) is 0 Å². The lowest BCUT2D eigenvalue weighted by Gasteiger charge is -2.20. The highest BCUT2D eigenvalue weighted by atomic mass is 16.4. The summed E-state index contributed by atoms with van der Waals surface area (Å²) in [6, 6.07) is 11.3. The van der Waals surface area contributed by atoms with Gasteiger partial charge in [-0.1, -0.05) is 48.5 Å². The van der Waals surface area contributed by atoms with Gasteiger partial charge in [0, 0.05) is 13.1 Å². The van der Waals surface area contributed by atoms with Crippen molar-refractivity contribution in [3.05, 3.63) is 70.8 Å². The van der Waals surface area contributed by atoms with Crippen molar-refractivity contribution >= 4 is 11.9 Å². The second-order valence-electron chi connectivity index (χ2n) is 6.16. The van der Waals surface area contributed by atoms with Crippen molar-refractivity contribution in [2.24, 2.45) is 0 Å². The number of hydrogen-bond acceptors (Lipinski definition) is 6. The molecule has 0 fully saturated rings. The highest BCUT2D eigenvalue weighted by Gasteiger charge is 2.23. The lowest BCUT2D eigenvalue weighted by Crippen LogP contribution is -2.38. The Hall–Kier alpha value is -2.78. The van der Waals surface area contributed by atoms with Gasteiger partial charge in [0.1, 0.15) is 12.1 Å². The van der Waals surface area contributed by atoms with Crippen LogP contribution < -0.4 is 10.6 Å². The lowest BCUT2D eigenvalue weighted by atomic mass is 10.00. The molecule has 0 amide bonds. The number of aliphatic carboxylic acids is 2. The summed E-state index contributed by atoms with van der Waals surface area (Å²) in [5.74, 6) is -2.19. The number of carboxylic acid groups (broad SMARTS) is 2. The minimum atomic E-state index is -1.10. The van der Waals surface area contributed by atoms with E-state index < -0.39 is 24.0 Å². The zero-order valence-electron chi connectivity index (χ0n) is 15.2. The average molecular weight is 388 g/mol. The fraction of sp³-hybridized carbons (Fsp3) is 0.300. The Balaban J connectivity index is 2.03. The summed E-state index contributed by atoms with van der Waals surface area (Å²) in [4.78, 5) is 23.2. The zero-order chi connectivity index (χ0) is 20.5. The second-order valence-corrected chi connectivity index (χ2v) is 6.16. The van der Waals surface area contributed by atoms with E-state index in [-0.39, 0.29) is 26.3 Å². The molecule has 0 aromatic heterocycles. The van der Waals surface area contributed by atoms with Crippen molar-refractivity contribution in [1.82, 2.24) is 10.6 Å². The summed E-state index contributed by atoms with van der Waals surface area (Å²) >= 11 is 0. The molecule has 2 unspecified atom stereocenters. The van der Waals surface area contributed by atoms with E-state index in [2.05, 4.69) is 10.6 Å². The van der Waals surface area contributed by atoms with E-state index in [1.54, 1.807) is 48.5 Å². The summed E-state index contributed by atoms with van der Waals surface area (Å²) in [7, 11) is 0. The number of rotatable bonds is 11. The van der Waals surface area contributed by atoms with Gasteiger partial charge in [0.05, 0.1) is 13.2 Å². The monoisotopic (exact) mass is 388 g/mol. The van der Waals surface area contributed by atoms with Crippen molar-refractivity contribution in [2.75, 3.05) is 13.1 Å². The number of aliphatic hydroxyl groups excluding tert-OH is 2. The number of nitrogens with one attached hydrogen (secondary N) is 2. The Bertz CT molecular complexity index is 743. The Morgan fingerprint density at radius 2 is 1.07 bits per heavy atom. The minimum absolute atomic E-state index is 0.182. The van der Waals surface area contributed by atoms with Crippen LogP contribution in [0.2, 0.25) is 0 Å². The van der Waals surface area contributed by atoms with E-state index in [0.717, 1.165) is 0 Å². The summed E-state index contributed by atoms with van der Waals surface area (Å²) in [6.45, 7) is -0.193. The molecule has 0 radical (unpaired) electrons. The summed E-state index contributed by atoms with van der Waals surface area (Å²) < 4.78 is 0. The average Bonchev–Trinajstić information content (AvgIpc) is 2.70. The molecule has 0 aliphatic heterocycles. The Labute approximate surface area is 162 Å². The molecule has 0 aliphatic carbocycles. The maximum Gasteiger partial charge on any atom is 0.325 e. The predicted molar refractivity (Wildman–Crippen MR) is 101 cm³/mol. The van der Waals surface area contributed by atoms with Crippen molar-refractivity contribution < 1.29 is 30.0 Å². The van der Waals surface area contributed by atoms with Crippen LogP contribution in [0.25, 0.3) is 0 Å². The Morgan fingerprint density at radius 1 is 0.714 bits per heavy atom. The largest absolute Gasteiger partial charge is 0.480 e. The van der Waals surface area contributed by atoms with Gasteiger partial charge in [0.2, 0.25) is 0 Å². The quantitative estimate of drug-likeness (QED) is 0.311. The molecule has 0 bridgehead atoms. The van der Waals surface area contributed by atoms with Crippen LogP contribution >= 0.6 is 0 Å². The van der Waals surface area contributed by atoms with Crippen LogP contribution in [0.4, 0.5) is 0 Å². The lowest BCUT2D eigenvalue weighted by molar-refractivity contribution is -0.141. The van der Waals surface area contributed by atoms with Crippen LogP contribution in [0.1, 0.15) is 34.3 Å². The number of hydrogen-bond donors (Lipinski definition) is 6. The molecule has 0 aliphatic rings. The van der Waals surface area contributed by atoms with Crippen molar-refractivity contribution in [3.8, 4) is 0 Å². The van der Waals surface area contributed by atoms with E-state index in [9.17, 15) is 30.0 Å². The van der Waals surface area contributed by atoms with E-state index >= 15 is 0 Å². The SMILES string of the molecule is O=C(O)C(NCCNC(C(=O)O)c1ccccc1CO)c1ccccc1CO. The minimum Gasteiger partial charge on any atom is -0.480 e. The standard InChI is InChI=1S/C20H24N2O6/c23-11-13-5-1-3-7-15(13)17(19(25)26)21-9-10-22-18(20(27)28)16-8-4-2-6-14(16)12-24/h1-8,17-18,21-24H,9-12H2,(H,25,26)(H,27,28). The van der Waals surface area contributed by atoms with E-state index in [1.807, 2.05) is 0 Å². The molecule has 2 atom stereocenters. The van der Waals surface area contributed by atoms with Gasteiger partial charge >= 0.3 is 11.9 Å². The van der Waals surface area contributed by atoms with Gasteiger partial charge < -0.3 is 20.4 Å². The van der Waals surface area contributed by atoms with Gasteiger partial charge in [-0.3, -0.25) is 20.2 Å². The van der Waals surface area contributed by atoms with Crippen LogP contribution in [0, 0.1) is 0 Å². The fourth-order valence-corrected chi connectivity index (χ4v) is 3.01. The second kappa shape index (κ2) is 10.5. The molecular formula is C20H24N2O6. The molecule has 6 N–H and O–H groups in total. The number of carbonyl (C=O) groups is 2. The van der Waals surface area contributed by atoms with Gasteiger partial charge in [-0.25, -0.2) is 0 Å². The Morgan fingerprint density at radius 3 is 1.39 bits per heavy atom. The topological polar surface area (TPSA) is 139 Å². The third kappa shape index (κ3) is 5.37. The molecule has 2 aromatic carbocycles. The van der Waals surface area contributed by atoms with Gasteiger partial charge in [-0.05, 0) is 22.3 Å². The normalized spacial score (nSPS) is 13.1.